The lowest BCUT2D eigenvalue weighted by Gasteiger charge is -2.18. The number of anilines is 1. The standard InChI is InChI=1S/C8H9ClF3N3/c1-15(5-8(10,11)12)7-3-2-6(4-9)13-14-7/h2-3H,4-5H2,1H3. The topological polar surface area (TPSA) is 29.0 Å². The lowest BCUT2D eigenvalue weighted by Crippen LogP contribution is -2.31. The van der Waals surface area contributed by atoms with Crippen LogP contribution < -0.4 is 4.90 Å². The van der Waals surface area contributed by atoms with Crippen molar-refractivity contribution in [2.24, 2.45) is 0 Å². The Bertz CT molecular complexity index is 312. The molecule has 3 nitrogen and oxygen atoms in total. The summed E-state index contributed by atoms with van der Waals surface area (Å²) in [6.45, 7) is -1.05. The summed E-state index contributed by atoms with van der Waals surface area (Å²) in [7, 11) is 1.30. The molecule has 0 saturated carbocycles. The maximum absolute atomic E-state index is 12.0. The van der Waals surface area contributed by atoms with E-state index in [0.29, 0.717) is 5.69 Å². The molecular weight excluding hydrogens is 231 g/mol. The molecule has 1 heterocycles. The third kappa shape index (κ3) is 3.91. The molecular formula is C8H9ClF3N3. The van der Waals surface area contributed by atoms with Crippen LogP contribution in [-0.2, 0) is 5.88 Å². The van der Waals surface area contributed by atoms with Gasteiger partial charge in [0.1, 0.15) is 6.54 Å². The number of alkyl halides is 4. The van der Waals surface area contributed by atoms with Crippen molar-refractivity contribution >= 4 is 17.4 Å². The quantitative estimate of drug-likeness (QED) is 0.758. The normalized spacial score (nSPS) is 11.5. The molecule has 0 bridgehead atoms. The zero-order valence-electron chi connectivity index (χ0n) is 7.92. The summed E-state index contributed by atoms with van der Waals surface area (Å²) in [5.41, 5.74) is 0.529. The Balaban J connectivity index is 2.70. The molecule has 1 aromatic heterocycles. The van der Waals surface area contributed by atoms with Crippen LogP contribution in [0.25, 0.3) is 0 Å². The van der Waals surface area contributed by atoms with Gasteiger partial charge in [-0.2, -0.15) is 18.3 Å². The van der Waals surface area contributed by atoms with E-state index in [-0.39, 0.29) is 11.7 Å². The Morgan fingerprint density at radius 2 is 2.00 bits per heavy atom. The summed E-state index contributed by atoms with van der Waals surface area (Å²) in [4.78, 5) is 0.977. The molecule has 0 amide bonds. The summed E-state index contributed by atoms with van der Waals surface area (Å²) in [5, 5.41) is 7.28. The number of hydrogen-bond donors (Lipinski definition) is 0. The largest absolute Gasteiger partial charge is 0.405 e. The minimum absolute atomic E-state index is 0.168. The van der Waals surface area contributed by atoms with Gasteiger partial charge >= 0.3 is 6.18 Å². The van der Waals surface area contributed by atoms with Crippen molar-refractivity contribution < 1.29 is 13.2 Å². The van der Waals surface area contributed by atoms with Crippen molar-refractivity contribution in [3.8, 4) is 0 Å². The van der Waals surface area contributed by atoms with Crippen molar-refractivity contribution in [1.29, 1.82) is 0 Å². The van der Waals surface area contributed by atoms with E-state index < -0.39 is 12.7 Å². The van der Waals surface area contributed by atoms with Crippen LogP contribution in [0.15, 0.2) is 12.1 Å². The first kappa shape index (κ1) is 12.0. The lowest BCUT2D eigenvalue weighted by atomic mass is 10.4. The lowest BCUT2D eigenvalue weighted by molar-refractivity contribution is -0.119. The van der Waals surface area contributed by atoms with Gasteiger partial charge in [0.2, 0.25) is 0 Å². The maximum atomic E-state index is 12.0. The van der Waals surface area contributed by atoms with Gasteiger partial charge in [-0.05, 0) is 12.1 Å². The van der Waals surface area contributed by atoms with Gasteiger partial charge in [-0.1, -0.05) is 0 Å². The predicted octanol–water partition coefficient (Wildman–Crippen LogP) is 2.21. The fourth-order valence-corrected chi connectivity index (χ4v) is 1.12. The average molecular weight is 240 g/mol. The summed E-state index contributed by atoms with van der Waals surface area (Å²) in [5.74, 6) is 0.359. The second-order valence-electron chi connectivity index (χ2n) is 2.99. The van der Waals surface area contributed by atoms with Crippen molar-refractivity contribution in [2.45, 2.75) is 12.1 Å². The van der Waals surface area contributed by atoms with Gasteiger partial charge in [-0.3, -0.25) is 0 Å². The molecule has 0 unspecified atom stereocenters. The van der Waals surface area contributed by atoms with Gasteiger partial charge in [0.25, 0.3) is 0 Å². The van der Waals surface area contributed by atoms with Crippen LogP contribution in [0.2, 0.25) is 0 Å². The molecule has 0 saturated heterocycles. The van der Waals surface area contributed by atoms with Gasteiger partial charge in [0.05, 0.1) is 11.6 Å². The van der Waals surface area contributed by atoms with Crippen LogP contribution in [0, 0.1) is 0 Å². The van der Waals surface area contributed by atoms with Crippen LogP contribution in [-0.4, -0.2) is 30.0 Å². The Hall–Kier alpha value is -1.04. The summed E-state index contributed by atoms with van der Waals surface area (Å²) in [6, 6.07) is 3.00. The number of hydrogen-bond acceptors (Lipinski definition) is 3. The van der Waals surface area contributed by atoms with Gasteiger partial charge < -0.3 is 4.90 Å². The molecule has 0 N–H and O–H groups in total. The smallest absolute Gasteiger partial charge is 0.349 e. The number of halogens is 4. The van der Waals surface area contributed by atoms with Gasteiger partial charge in [0, 0.05) is 7.05 Å². The van der Waals surface area contributed by atoms with Crippen molar-refractivity contribution in [3.63, 3.8) is 0 Å². The summed E-state index contributed by atoms with van der Waals surface area (Å²) in [6.07, 6.45) is -4.25. The van der Waals surface area contributed by atoms with Crippen molar-refractivity contribution in [3.05, 3.63) is 17.8 Å². The molecule has 7 heteroatoms. The highest BCUT2D eigenvalue weighted by atomic mass is 35.5. The summed E-state index contributed by atoms with van der Waals surface area (Å²) >= 11 is 5.47. The first-order valence-corrected chi connectivity index (χ1v) is 4.62. The van der Waals surface area contributed by atoms with E-state index in [1.54, 1.807) is 6.07 Å². The Kier molecular flexibility index (Phi) is 3.73. The van der Waals surface area contributed by atoms with E-state index in [2.05, 4.69) is 10.2 Å². The Labute approximate surface area is 89.9 Å². The monoisotopic (exact) mass is 239 g/mol. The molecule has 0 aromatic carbocycles. The van der Waals surface area contributed by atoms with Gasteiger partial charge in [0.15, 0.2) is 5.82 Å². The fourth-order valence-electron chi connectivity index (χ4n) is 0.978. The highest BCUT2D eigenvalue weighted by Gasteiger charge is 2.29. The minimum Gasteiger partial charge on any atom is -0.349 e. The second-order valence-corrected chi connectivity index (χ2v) is 3.26. The molecule has 84 valence electrons. The molecule has 0 aliphatic carbocycles. The van der Waals surface area contributed by atoms with E-state index in [1.165, 1.54) is 13.1 Å². The molecule has 1 rings (SSSR count). The zero-order chi connectivity index (χ0) is 11.5. The highest BCUT2D eigenvalue weighted by Crippen LogP contribution is 2.18. The molecule has 0 aliphatic rings. The number of nitrogens with zero attached hydrogens (tertiary/aromatic N) is 3. The van der Waals surface area contributed by atoms with Crippen molar-refractivity contribution in [1.82, 2.24) is 10.2 Å². The predicted molar refractivity (Wildman–Crippen MR) is 50.9 cm³/mol. The van der Waals surface area contributed by atoms with Crippen LogP contribution in [0.3, 0.4) is 0 Å². The molecule has 1 aromatic rings. The van der Waals surface area contributed by atoms with Crippen LogP contribution in [0.4, 0.5) is 19.0 Å². The van der Waals surface area contributed by atoms with E-state index in [9.17, 15) is 13.2 Å². The number of aromatic nitrogens is 2. The zero-order valence-corrected chi connectivity index (χ0v) is 8.68. The fraction of sp³-hybridized carbons (Fsp3) is 0.500. The second kappa shape index (κ2) is 4.65. The van der Waals surface area contributed by atoms with Crippen LogP contribution in [0.5, 0.6) is 0 Å². The SMILES string of the molecule is CN(CC(F)(F)F)c1ccc(CCl)nn1. The Morgan fingerprint density at radius 1 is 1.33 bits per heavy atom. The van der Waals surface area contributed by atoms with Gasteiger partial charge in [-0.15, -0.1) is 16.7 Å². The summed E-state index contributed by atoms with van der Waals surface area (Å²) < 4.78 is 36.1. The first-order valence-electron chi connectivity index (χ1n) is 4.09. The van der Waals surface area contributed by atoms with Gasteiger partial charge in [-0.25, -0.2) is 0 Å². The molecule has 0 spiro atoms. The molecule has 0 aliphatic heterocycles. The van der Waals surface area contributed by atoms with Crippen LogP contribution >= 0.6 is 11.6 Å². The van der Waals surface area contributed by atoms with E-state index in [1.807, 2.05) is 0 Å². The molecule has 0 radical (unpaired) electrons. The van der Waals surface area contributed by atoms with Crippen molar-refractivity contribution in [2.75, 3.05) is 18.5 Å². The molecule has 0 atom stereocenters. The van der Waals surface area contributed by atoms with E-state index >= 15 is 0 Å². The van der Waals surface area contributed by atoms with Crippen LogP contribution in [0.1, 0.15) is 5.69 Å². The minimum atomic E-state index is -4.25. The third-order valence-electron chi connectivity index (χ3n) is 1.65. The molecule has 0 fully saturated rings. The third-order valence-corrected chi connectivity index (χ3v) is 1.92. The molecule has 15 heavy (non-hydrogen) atoms. The average Bonchev–Trinajstić information content (AvgIpc) is 2.15. The Morgan fingerprint density at radius 3 is 2.40 bits per heavy atom. The number of rotatable bonds is 3. The van der Waals surface area contributed by atoms with E-state index in [0.717, 1.165) is 4.90 Å². The highest BCUT2D eigenvalue weighted by molar-refractivity contribution is 6.16. The van der Waals surface area contributed by atoms with E-state index in [4.69, 9.17) is 11.6 Å². The maximum Gasteiger partial charge on any atom is 0.405 e. The first-order chi connectivity index (χ1) is 6.92.